The molecule has 0 radical (unpaired) electrons. The second-order valence-electron chi connectivity index (χ2n) is 5.28. The Morgan fingerprint density at radius 2 is 2.00 bits per heavy atom. The van der Waals surface area contributed by atoms with Crippen LogP contribution in [0.5, 0.6) is 0 Å². The zero-order valence-corrected chi connectivity index (χ0v) is 12.4. The number of rotatable bonds is 6. The molecule has 1 aromatic rings. The van der Waals surface area contributed by atoms with Gasteiger partial charge in [-0.25, -0.2) is 8.42 Å². The van der Waals surface area contributed by atoms with Gasteiger partial charge in [0.05, 0.1) is 6.20 Å². The van der Waals surface area contributed by atoms with Crippen LogP contribution in [0, 0.1) is 0 Å². The van der Waals surface area contributed by atoms with Gasteiger partial charge in [0.1, 0.15) is 0 Å². The van der Waals surface area contributed by atoms with Gasteiger partial charge in [0, 0.05) is 19.1 Å². The summed E-state index contributed by atoms with van der Waals surface area (Å²) < 4.78 is 26.9. The van der Waals surface area contributed by atoms with Gasteiger partial charge in [-0.3, -0.25) is 5.10 Å². The summed E-state index contributed by atoms with van der Waals surface area (Å²) >= 11 is 0. The quantitative estimate of drug-likeness (QED) is 0.844. The van der Waals surface area contributed by atoms with Gasteiger partial charge in [0.25, 0.3) is 10.0 Å². The van der Waals surface area contributed by atoms with Crippen molar-refractivity contribution in [1.82, 2.24) is 19.4 Å². The molecule has 1 aromatic heterocycles. The largest absolute Gasteiger partial charge is 0.308 e. The number of likely N-dealkylation sites (N-methyl/N-ethyl adjacent to an activating group) is 1. The van der Waals surface area contributed by atoms with E-state index in [0.717, 1.165) is 32.2 Å². The molecule has 0 bridgehead atoms. The van der Waals surface area contributed by atoms with Crippen molar-refractivity contribution in [2.75, 3.05) is 27.2 Å². The average Bonchev–Trinajstić information content (AvgIpc) is 3.02. The van der Waals surface area contributed by atoms with Crippen molar-refractivity contribution >= 4 is 10.0 Å². The van der Waals surface area contributed by atoms with E-state index in [-0.39, 0.29) is 11.1 Å². The lowest BCUT2D eigenvalue weighted by molar-refractivity contribution is 0.281. The fourth-order valence-electron chi connectivity index (χ4n) is 2.50. The maximum atomic E-state index is 12.6. The zero-order valence-electron chi connectivity index (χ0n) is 11.5. The summed E-state index contributed by atoms with van der Waals surface area (Å²) in [6, 6.07) is 1.65. The summed E-state index contributed by atoms with van der Waals surface area (Å²) in [7, 11) is 0.460. The minimum absolute atomic E-state index is 0.133. The molecule has 19 heavy (non-hydrogen) atoms. The monoisotopic (exact) mass is 286 g/mol. The molecule has 1 saturated carbocycles. The maximum Gasteiger partial charge on any atom is 0.260 e. The van der Waals surface area contributed by atoms with E-state index in [4.69, 9.17) is 0 Å². The molecule has 0 spiro atoms. The number of hydrogen-bond acceptors (Lipinski definition) is 4. The van der Waals surface area contributed by atoms with Crippen molar-refractivity contribution < 1.29 is 8.42 Å². The zero-order chi connectivity index (χ0) is 13.9. The molecular weight excluding hydrogens is 264 g/mol. The van der Waals surface area contributed by atoms with Crippen LogP contribution in [0.2, 0.25) is 0 Å². The van der Waals surface area contributed by atoms with E-state index < -0.39 is 10.0 Å². The Morgan fingerprint density at radius 1 is 1.32 bits per heavy atom. The smallest absolute Gasteiger partial charge is 0.260 e. The molecule has 0 saturated heterocycles. The maximum absolute atomic E-state index is 12.6. The number of aromatic amines is 1. The molecule has 0 atom stereocenters. The van der Waals surface area contributed by atoms with Crippen LogP contribution in [0.4, 0.5) is 0 Å². The first-order chi connectivity index (χ1) is 9.01. The summed E-state index contributed by atoms with van der Waals surface area (Å²) in [5.74, 6) is 0. The van der Waals surface area contributed by atoms with Crippen LogP contribution in [0.3, 0.4) is 0 Å². The van der Waals surface area contributed by atoms with Gasteiger partial charge in [0.2, 0.25) is 0 Å². The minimum atomic E-state index is -3.45. The van der Waals surface area contributed by atoms with Crippen molar-refractivity contribution in [2.45, 2.75) is 36.8 Å². The SMILES string of the molecule is CN(C)CCN(C1CCCC1)S(=O)(=O)c1ccn[nH]1. The number of sulfonamides is 1. The molecule has 6 nitrogen and oxygen atoms in total. The molecule has 1 N–H and O–H groups in total. The molecule has 1 aliphatic carbocycles. The van der Waals surface area contributed by atoms with Gasteiger partial charge in [-0.15, -0.1) is 0 Å². The van der Waals surface area contributed by atoms with Crippen LogP contribution in [-0.4, -0.2) is 61.0 Å². The Bertz CT molecular complexity index is 478. The van der Waals surface area contributed by atoms with Crippen LogP contribution in [0.25, 0.3) is 0 Å². The predicted molar refractivity (Wildman–Crippen MR) is 73.3 cm³/mol. The van der Waals surface area contributed by atoms with Crippen LogP contribution in [-0.2, 0) is 10.0 Å². The average molecular weight is 286 g/mol. The molecule has 1 fully saturated rings. The Hall–Kier alpha value is -0.920. The van der Waals surface area contributed by atoms with Gasteiger partial charge in [-0.2, -0.15) is 9.40 Å². The molecular formula is C12H22N4O2S. The van der Waals surface area contributed by atoms with Crippen molar-refractivity contribution in [1.29, 1.82) is 0 Å². The number of H-pyrrole nitrogens is 1. The Labute approximate surface area is 114 Å². The second kappa shape index (κ2) is 6.02. The van der Waals surface area contributed by atoms with E-state index in [9.17, 15) is 8.42 Å². The molecule has 0 unspecified atom stereocenters. The summed E-state index contributed by atoms with van der Waals surface area (Å²) in [6.45, 7) is 1.25. The highest BCUT2D eigenvalue weighted by Gasteiger charge is 2.33. The highest BCUT2D eigenvalue weighted by Crippen LogP contribution is 2.27. The summed E-state index contributed by atoms with van der Waals surface area (Å²) in [6.07, 6.45) is 5.62. The van der Waals surface area contributed by atoms with Gasteiger partial charge in [0.15, 0.2) is 5.03 Å². The van der Waals surface area contributed by atoms with Crippen molar-refractivity contribution in [3.63, 3.8) is 0 Å². The molecule has 0 aromatic carbocycles. The highest BCUT2D eigenvalue weighted by molar-refractivity contribution is 7.89. The third kappa shape index (κ3) is 3.34. The first kappa shape index (κ1) is 14.5. The third-order valence-corrected chi connectivity index (χ3v) is 5.44. The standard InChI is InChI=1S/C12H22N4O2S/c1-15(2)9-10-16(11-5-3-4-6-11)19(17,18)12-7-8-13-14-12/h7-8,11H,3-6,9-10H2,1-2H3,(H,13,14). The predicted octanol–water partition coefficient (Wildman–Crippen LogP) is 0.905. The molecule has 7 heteroatoms. The minimum Gasteiger partial charge on any atom is -0.308 e. The second-order valence-corrected chi connectivity index (χ2v) is 7.14. The fourth-order valence-corrected chi connectivity index (χ4v) is 4.08. The van der Waals surface area contributed by atoms with Crippen LogP contribution < -0.4 is 0 Å². The lowest BCUT2D eigenvalue weighted by atomic mass is 10.2. The normalized spacial score (nSPS) is 17.7. The van der Waals surface area contributed by atoms with E-state index in [1.807, 2.05) is 19.0 Å². The van der Waals surface area contributed by atoms with E-state index in [2.05, 4.69) is 10.2 Å². The third-order valence-electron chi connectivity index (χ3n) is 3.56. The first-order valence-corrected chi connectivity index (χ1v) is 8.12. The molecule has 1 heterocycles. The van der Waals surface area contributed by atoms with E-state index >= 15 is 0 Å². The highest BCUT2D eigenvalue weighted by atomic mass is 32.2. The van der Waals surface area contributed by atoms with Crippen molar-refractivity contribution in [3.05, 3.63) is 12.3 Å². The lowest BCUT2D eigenvalue weighted by Crippen LogP contribution is -2.42. The van der Waals surface area contributed by atoms with E-state index in [1.54, 1.807) is 4.31 Å². The van der Waals surface area contributed by atoms with E-state index in [1.165, 1.54) is 12.3 Å². The van der Waals surface area contributed by atoms with Gasteiger partial charge in [-0.1, -0.05) is 12.8 Å². The molecule has 0 amide bonds. The lowest BCUT2D eigenvalue weighted by Gasteiger charge is -2.28. The number of nitrogens with one attached hydrogen (secondary N) is 1. The van der Waals surface area contributed by atoms with Gasteiger partial charge in [-0.05, 0) is 33.0 Å². The fraction of sp³-hybridized carbons (Fsp3) is 0.750. The van der Waals surface area contributed by atoms with Crippen LogP contribution in [0.15, 0.2) is 17.3 Å². The Kier molecular flexibility index (Phi) is 4.59. The Balaban J connectivity index is 2.20. The summed E-state index contributed by atoms with van der Waals surface area (Å²) in [4.78, 5) is 2.00. The van der Waals surface area contributed by atoms with Crippen molar-refractivity contribution in [2.24, 2.45) is 0 Å². The first-order valence-electron chi connectivity index (χ1n) is 6.68. The number of hydrogen-bond donors (Lipinski definition) is 1. The van der Waals surface area contributed by atoms with Gasteiger partial charge >= 0.3 is 0 Å². The topological polar surface area (TPSA) is 69.3 Å². The molecule has 2 rings (SSSR count). The van der Waals surface area contributed by atoms with Crippen LogP contribution in [0.1, 0.15) is 25.7 Å². The summed E-state index contributed by atoms with van der Waals surface area (Å²) in [5.41, 5.74) is 0. The molecule has 1 aliphatic rings. The Morgan fingerprint density at radius 3 is 2.53 bits per heavy atom. The number of aromatic nitrogens is 2. The van der Waals surface area contributed by atoms with Crippen LogP contribution >= 0.6 is 0 Å². The van der Waals surface area contributed by atoms with E-state index in [0.29, 0.717) is 6.54 Å². The van der Waals surface area contributed by atoms with Crippen molar-refractivity contribution in [3.8, 4) is 0 Å². The summed E-state index contributed by atoms with van der Waals surface area (Å²) in [5, 5.41) is 6.52. The number of nitrogens with zero attached hydrogens (tertiary/aromatic N) is 3. The van der Waals surface area contributed by atoms with Gasteiger partial charge < -0.3 is 4.90 Å². The molecule has 0 aliphatic heterocycles. The molecule has 108 valence electrons.